The zero-order chi connectivity index (χ0) is 23.1. The number of phenolic OH excluding ortho intramolecular Hbond substituents is 1. The lowest BCUT2D eigenvalue weighted by Gasteiger charge is -2.21. The topological polar surface area (TPSA) is 20.2 Å². The summed E-state index contributed by atoms with van der Waals surface area (Å²) in [6, 6.07) is 41.9. The van der Waals surface area contributed by atoms with E-state index in [1.165, 1.54) is 0 Å². The first kappa shape index (κ1) is 20.7. The van der Waals surface area contributed by atoms with Gasteiger partial charge in [-0.15, -0.1) is 9.24 Å². The van der Waals surface area contributed by atoms with Crippen LogP contribution in [-0.4, -0.2) is 5.11 Å². The standard InChI is InChI=1S/C32H23OP/c33-31-30(26-19-9-16-21-13-7-8-17-24(21)26)27-20-10-18-25(22-11-3-1-4-12-22)29(27)28(32(31)34)23-14-5-2-6-15-23/h1-20,33H,34H2. The molecule has 34 heavy (non-hydrogen) atoms. The zero-order valence-corrected chi connectivity index (χ0v) is 19.7. The number of hydrogen-bond acceptors (Lipinski definition) is 1. The minimum atomic E-state index is 0.304. The number of phenols is 1. The van der Waals surface area contributed by atoms with Gasteiger partial charge in [-0.3, -0.25) is 0 Å². The van der Waals surface area contributed by atoms with E-state index >= 15 is 0 Å². The van der Waals surface area contributed by atoms with Gasteiger partial charge >= 0.3 is 0 Å². The lowest BCUT2D eigenvalue weighted by atomic mass is 9.85. The summed E-state index contributed by atoms with van der Waals surface area (Å²) in [6.07, 6.45) is 0. The average molecular weight is 455 g/mol. The number of rotatable bonds is 3. The molecular weight excluding hydrogens is 431 g/mol. The van der Waals surface area contributed by atoms with E-state index in [-0.39, 0.29) is 0 Å². The largest absolute Gasteiger partial charge is 0.507 e. The maximum Gasteiger partial charge on any atom is 0.131 e. The molecule has 0 aliphatic carbocycles. The summed E-state index contributed by atoms with van der Waals surface area (Å²) in [5.74, 6) is 0.304. The van der Waals surface area contributed by atoms with E-state index in [9.17, 15) is 5.11 Å². The Hall–Kier alpha value is -3.93. The molecule has 2 heteroatoms. The van der Waals surface area contributed by atoms with Crippen LogP contribution in [-0.2, 0) is 0 Å². The van der Waals surface area contributed by atoms with Crippen molar-refractivity contribution in [2.45, 2.75) is 0 Å². The molecule has 0 fully saturated rings. The van der Waals surface area contributed by atoms with Crippen LogP contribution in [0, 0.1) is 0 Å². The summed E-state index contributed by atoms with van der Waals surface area (Å²) in [5, 5.41) is 17.0. The van der Waals surface area contributed by atoms with Crippen molar-refractivity contribution in [2.75, 3.05) is 0 Å². The molecule has 1 N–H and O–H groups in total. The summed E-state index contributed by atoms with van der Waals surface area (Å²) in [5.41, 5.74) is 6.34. The SMILES string of the molecule is Oc1c(P)c(-c2ccccc2)c2c(-c3ccccc3)cccc2c1-c1cccc2ccccc12. The minimum Gasteiger partial charge on any atom is -0.507 e. The third kappa shape index (κ3) is 3.29. The van der Waals surface area contributed by atoms with Crippen molar-refractivity contribution in [3.8, 4) is 39.1 Å². The van der Waals surface area contributed by atoms with Crippen molar-refractivity contribution >= 4 is 36.1 Å². The Morgan fingerprint density at radius 1 is 0.471 bits per heavy atom. The molecule has 1 atom stereocenters. The normalized spacial score (nSPS) is 11.2. The van der Waals surface area contributed by atoms with Gasteiger partial charge in [0.2, 0.25) is 0 Å². The highest BCUT2D eigenvalue weighted by molar-refractivity contribution is 7.28. The fraction of sp³-hybridized carbons (Fsp3) is 0. The molecule has 1 unspecified atom stereocenters. The Bertz CT molecular complexity index is 1650. The van der Waals surface area contributed by atoms with Gasteiger partial charge in [0, 0.05) is 16.4 Å². The monoisotopic (exact) mass is 454 g/mol. The first-order valence-corrected chi connectivity index (χ1v) is 12.0. The Morgan fingerprint density at radius 2 is 1.03 bits per heavy atom. The fourth-order valence-electron chi connectivity index (χ4n) is 5.02. The zero-order valence-electron chi connectivity index (χ0n) is 18.6. The maximum atomic E-state index is 11.7. The Balaban J connectivity index is 1.82. The summed E-state index contributed by atoms with van der Waals surface area (Å²) in [6.45, 7) is 0. The molecule has 6 aromatic rings. The number of hydrogen-bond donors (Lipinski definition) is 1. The van der Waals surface area contributed by atoms with E-state index < -0.39 is 0 Å². The van der Waals surface area contributed by atoms with Gasteiger partial charge in [-0.1, -0.05) is 121 Å². The van der Waals surface area contributed by atoms with Crippen LogP contribution in [0.3, 0.4) is 0 Å². The van der Waals surface area contributed by atoms with E-state index in [1.807, 2.05) is 24.3 Å². The maximum absolute atomic E-state index is 11.7. The van der Waals surface area contributed by atoms with Crippen LogP contribution < -0.4 is 5.30 Å². The predicted molar refractivity (Wildman–Crippen MR) is 149 cm³/mol. The van der Waals surface area contributed by atoms with Crippen molar-refractivity contribution in [2.24, 2.45) is 0 Å². The van der Waals surface area contributed by atoms with E-state index in [2.05, 4.69) is 106 Å². The van der Waals surface area contributed by atoms with Crippen LogP contribution in [0.4, 0.5) is 0 Å². The summed E-state index contributed by atoms with van der Waals surface area (Å²) in [7, 11) is 2.82. The van der Waals surface area contributed by atoms with Crippen molar-refractivity contribution in [1.29, 1.82) is 0 Å². The van der Waals surface area contributed by atoms with E-state index in [0.717, 1.165) is 60.2 Å². The van der Waals surface area contributed by atoms with Crippen LogP contribution in [0.2, 0.25) is 0 Å². The van der Waals surface area contributed by atoms with Gasteiger partial charge < -0.3 is 5.11 Å². The summed E-state index contributed by atoms with van der Waals surface area (Å²) in [4.78, 5) is 0. The van der Waals surface area contributed by atoms with Crippen LogP contribution in [0.15, 0.2) is 121 Å². The van der Waals surface area contributed by atoms with Crippen LogP contribution in [0.5, 0.6) is 5.75 Å². The quantitative estimate of drug-likeness (QED) is 0.267. The van der Waals surface area contributed by atoms with E-state index in [1.54, 1.807) is 0 Å². The van der Waals surface area contributed by atoms with Gasteiger partial charge in [-0.25, -0.2) is 0 Å². The lowest BCUT2D eigenvalue weighted by molar-refractivity contribution is 0.483. The fourth-order valence-corrected chi connectivity index (χ4v) is 5.48. The van der Waals surface area contributed by atoms with Crippen LogP contribution in [0.25, 0.3) is 54.9 Å². The molecule has 0 amide bonds. The highest BCUT2D eigenvalue weighted by Gasteiger charge is 2.22. The molecule has 0 spiro atoms. The minimum absolute atomic E-state index is 0.304. The van der Waals surface area contributed by atoms with E-state index in [4.69, 9.17) is 0 Å². The third-order valence-electron chi connectivity index (χ3n) is 6.55. The van der Waals surface area contributed by atoms with Crippen molar-refractivity contribution in [1.82, 2.24) is 0 Å². The Kier molecular flexibility index (Phi) is 5.13. The molecule has 0 aliphatic rings. The first-order chi connectivity index (χ1) is 16.7. The average Bonchev–Trinajstić information content (AvgIpc) is 2.90. The van der Waals surface area contributed by atoms with Gasteiger partial charge in [0.25, 0.3) is 0 Å². The predicted octanol–water partition coefficient (Wildman–Crippen LogP) is 8.20. The summed E-state index contributed by atoms with van der Waals surface area (Å²) < 4.78 is 0. The van der Waals surface area contributed by atoms with Gasteiger partial charge in [0.05, 0.1) is 0 Å². The molecule has 1 nitrogen and oxygen atoms in total. The van der Waals surface area contributed by atoms with Crippen LogP contribution >= 0.6 is 9.24 Å². The molecule has 0 saturated heterocycles. The second kappa shape index (κ2) is 8.45. The third-order valence-corrected chi connectivity index (χ3v) is 7.11. The molecule has 162 valence electrons. The molecule has 0 saturated carbocycles. The molecule has 0 radical (unpaired) electrons. The first-order valence-electron chi connectivity index (χ1n) is 11.4. The van der Waals surface area contributed by atoms with E-state index in [0.29, 0.717) is 5.75 Å². The smallest absolute Gasteiger partial charge is 0.131 e. The second-order valence-corrected chi connectivity index (χ2v) is 9.08. The van der Waals surface area contributed by atoms with Gasteiger partial charge in [-0.05, 0) is 43.8 Å². The Labute approximate surface area is 201 Å². The Morgan fingerprint density at radius 3 is 1.79 bits per heavy atom. The van der Waals surface area contributed by atoms with Gasteiger partial charge in [-0.2, -0.15) is 0 Å². The van der Waals surface area contributed by atoms with Gasteiger partial charge in [0.1, 0.15) is 5.75 Å². The molecule has 0 aromatic heterocycles. The molecule has 6 aromatic carbocycles. The van der Waals surface area contributed by atoms with Gasteiger partial charge in [0.15, 0.2) is 0 Å². The number of benzene rings is 6. The molecular formula is C32H23OP. The lowest BCUT2D eigenvalue weighted by Crippen LogP contribution is -2.03. The molecule has 6 rings (SSSR count). The van der Waals surface area contributed by atoms with Crippen molar-refractivity contribution in [3.05, 3.63) is 121 Å². The molecule has 0 aliphatic heterocycles. The van der Waals surface area contributed by atoms with Crippen molar-refractivity contribution in [3.63, 3.8) is 0 Å². The number of aromatic hydroxyl groups is 1. The molecule has 0 bridgehead atoms. The molecule has 0 heterocycles. The highest BCUT2D eigenvalue weighted by atomic mass is 31.0. The summed E-state index contributed by atoms with van der Waals surface area (Å²) >= 11 is 0. The van der Waals surface area contributed by atoms with Crippen LogP contribution in [0.1, 0.15) is 0 Å². The highest BCUT2D eigenvalue weighted by Crippen LogP contribution is 2.46. The number of fused-ring (bicyclic) bond motifs is 2. The van der Waals surface area contributed by atoms with Crippen molar-refractivity contribution < 1.29 is 5.11 Å². The second-order valence-electron chi connectivity index (χ2n) is 8.50.